The second-order valence-corrected chi connectivity index (χ2v) is 6.36. The van der Waals surface area contributed by atoms with Crippen LogP contribution in [0.15, 0.2) is 22.7 Å². The summed E-state index contributed by atoms with van der Waals surface area (Å²) in [4.78, 5) is 10.7. The average molecular weight is 397 g/mol. The fourth-order valence-corrected chi connectivity index (χ4v) is 3.12. The molecule has 0 aliphatic heterocycles. The first-order valence-corrected chi connectivity index (χ1v) is 7.57. The summed E-state index contributed by atoms with van der Waals surface area (Å²) >= 11 is 9.68. The molecule has 21 heavy (non-hydrogen) atoms. The van der Waals surface area contributed by atoms with Crippen molar-refractivity contribution in [1.82, 2.24) is 0 Å². The standard InChI is InChI=1S/C12H8BrClFNO4S/c1-5(17)11-4-9(16(18)19)12(21-11)20-10-3-8(15)7(14)2-6(10)13/h2-5,17H,1H3. The van der Waals surface area contributed by atoms with Gasteiger partial charge in [-0.1, -0.05) is 22.9 Å². The Balaban J connectivity index is 2.43. The average Bonchev–Trinajstić information content (AvgIpc) is 2.80. The third-order valence-corrected chi connectivity index (χ3v) is 4.57. The van der Waals surface area contributed by atoms with Crippen LogP contribution in [0.3, 0.4) is 0 Å². The first-order valence-electron chi connectivity index (χ1n) is 5.58. The molecule has 1 N–H and O–H groups in total. The lowest BCUT2D eigenvalue weighted by Gasteiger charge is -2.06. The minimum atomic E-state index is -0.864. The van der Waals surface area contributed by atoms with Crippen molar-refractivity contribution in [3.8, 4) is 10.8 Å². The van der Waals surface area contributed by atoms with Gasteiger partial charge in [0.25, 0.3) is 5.06 Å². The van der Waals surface area contributed by atoms with Crippen molar-refractivity contribution in [3.63, 3.8) is 0 Å². The van der Waals surface area contributed by atoms with Gasteiger partial charge in [0.1, 0.15) is 11.6 Å². The molecule has 0 fully saturated rings. The monoisotopic (exact) mass is 395 g/mol. The Morgan fingerprint density at radius 1 is 1.52 bits per heavy atom. The molecular formula is C12H8BrClFNO4S. The SMILES string of the molecule is CC(O)c1cc([N+](=O)[O-])c(Oc2cc(F)c(Cl)cc2Br)s1. The van der Waals surface area contributed by atoms with Gasteiger partial charge in [0, 0.05) is 17.0 Å². The fraction of sp³-hybridized carbons (Fsp3) is 0.167. The molecule has 0 bridgehead atoms. The summed E-state index contributed by atoms with van der Waals surface area (Å²) in [5.41, 5.74) is -0.293. The van der Waals surface area contributed by atoms with Crippen molar-refractivity contribution in [2.45, 2.75) is 13.0 Å². The van der Waals surface area contributed by atoms with Crippen molar-refractivity contribution < 1.29 is 19.2 Å². The number of halogens is 3. The molecule has 1 unspecified atom stereocenters. The van der Waals surface area contributed by atoms with Crippen LogP contribution in [0.25, 0.3) is 0 Å². The largest absolute Gasteiger partial charge is 0.439 e. The first-order chi connectivity index (χ1) is 9.79. The molecule has 0 saturated heterocycles. The number of nitrogens with zero attached hydrogens (tertiary/aromatic N) is 1. The molecule has 0 amide bonds. The number of hydrogen-bond donors (Lipinski definition) is 1. The molecule has 1 atom stereocenters. The van der Waals surface area contributed by atoms with Gasteiger partial charge in [0.05, 0.1) is 20.5 Å². The summed E-state index contributed by atoms with van der Waals surface area (Å²) in [5.74, 6) is -0.649. The highest BCUT2D eigenvalue weighted by Gasteiger charge is 2.24. The maximum absolute atomic E-state index is 13.5. The van der Waals surface area contributed by atoms with Crippen molar-refractivity contribution in [3.05, 3.63) is 48.5 Å². The molecule has 1 aromatic carbocycles. The van der Waals surface area contributed by atoms with Crippen LogP contribution in [0.2, 0.25) is 5.02 Å². The summed E-state index contributed by atoms with van der Waals surface area (Å²) in [6.45, 7) is 1.48. The molecule has 0 aliphatic rings. The van der Waals surface area contributed by atoms with Crippen molar-refractivity contribution in [1.29, 1.82) is 0 Å². The highest BCUT2D eigenvalue weighted by molar-refractivity contribution is 9.10. The second kappa shape index (κ2) is 6.27. The summed E-state index contributed by atoms with van der Waals surface area (Å²) in [6.07, 6.45) is -0.864. The molecule has 2 rings (SSSR count). The van der Waals surface area contributed by atoms with E-state index < -0.39 is 16.8 Å². The summed E-state index contributed by atoms with van der Waals surface area (Å²) < 4.78 is 19.2. The molecule has 0 aliphatic carbocycles. The van der Waals surface area contributed by atoms with E-state index in [1.165, 1.54) is 19.1 Å². The van der Waals surface area contributed by atoms with Crippen LogP contribution in [0.4, 0.5) is 10.1 Å². The van der Waals surface area contributed by atoms with Gasteiger partial charge in [-0.05, 0) is 28.9 Å². The Hall–Kier alpha value is -1.22. The molecule has 1 aromatic heterocycles. The van der Waals surface area contributed by atoms with E-state index >= 15 is 0 Å². The Morgan fingerprint density at radius 3 is 2.76 bits per heavy atom. The van der Waals surface area contributed by atoms with E-state index in [0.717, 1.165) is 17.4 Å². The minimum Gasteiger partial charge on any atom is -0.439 e. The van der Waals surface area contributed by atoms with E-state index in [1.807, 2.05) is 0 Å². The van der Waals surface area contributed by atoms with Crippen LogP contribution in [0.1, 0.15) is 17.9 Å². The number of ether oxygens (including phenoxy) is 1. The zero-order valence-corrected chi connectivity index (χ0v) is 13.6. The molecular weight excluding hydrogens is 389 g/mol. The number of benzene rings is 1. The molecule has 1 heterocycles. The quantitative estimate of drug-likeness (QED) is 0.445. The van der Waals surface area contributed by atoms with Crippen LogP contribution in [-0.2, 0) is 0 Å². The van der Waals surface area contributed by atoms with Crippen molar-refractivity contribution in [2.75, 3.05) is 0 Å². The Morgan fingerprint density at radius 2 is 2.19 bits per heavy atom. The predicted molar refractivity (Wildman–Crippen MR) is 80.8 cm³/mol. The molecule has 0 saturated carbocycles. The second-order valence-electron chi connectivity index (χ2n) is 4.05. The number of rotatable bonds is 4. The third-order valence-electron chi connectivity index (χ3n) is 2.48. The maximum Gasteiger partial charge on any atom is 0.323 e. The lowest BCUT2D eigenvalue weighted by molar-refractivity contribution is -0.385. The first kappa shape index (κ1) is 16.2. The lowest BCUT2D eigenvalue weighted by atomic mass is 10.3. The topological polar surface area (TPSA) is 72.6 Å². The normalized spacial score (nSPS) is 12.2. The van der Waals surface area contributed by atoms with Gasteiger partial charge in [0.15, 0.2) is 0 Å². The van der Waals surface area contributed by atoms with Gasteiger partial charge in [-0.3, -0.25) is 10.1 Å². The van der Waals surface area contributed by atoms with Crippen LogP contribution >= 0.6 is 38.9 Å². The number of nitro groups is 1. The molecule has 2 aromatic rings. The van der Waals surface area contributed by atoms with E-state index in [1.54, 1.807) is 0 Å². The molecule has 5 nitrogen and oxygen atoms in total. The number of hydrogen-bond acceptors (Lipinski definition) is 5. The molecule has 9 heteroatoms. The van der Waals surface area contributed by atoms with E-state index in [9.17, 15) is 19.6 Å². The predicted octanol–water partition coefficient (Wildman–Crippen LogP) is 5.06. The highest BCUT2D eigenvalue weighted by Crippen LogP contribution is 2.44. The van der Waals surface area contributed by atoms with Crippen LogP contribution in [0.5, 0.6) is 10.8 Å². The molecule has 0 radical (unpaired) electrons. The minimum absolute atomic E-state index is 0.0432. The maximum atomic E-state index is 13.5. The van der Waals surface area contributed by atoms with E-state index in [4.69, 9.17) is 16.3 Å². The summed E-state index contributed by atoms with van der Waals surface area (Å²) in [7, 11) is 0. The van der Waals surface area contributed by atoms with Crippen molar-refractivity contribution in [2.24, 2.45) is 0 Å². The van der Waals surface area contributed by atoms with Gasteiger partial charge in [-0.25, -0.2) is 4.39 Å². The smallest absolute Gasteiger partial charge is 0.323 e. The van der Waals surface area contributed by atoms with Crippen LogP contribution < -0.4 is 4.74 Å². The molecule has 0 spiro atoms. The van der Waals surface area contributed by atoms with E-state index in [-0.39, 0.29) is 21.5 Å². The number of aliphatic hydroxyl groups excluding tert-OH is 1. The fourth-order valence-electron chi connectivity index (χ4n) is 1.47. The number of thiophene rings is 1. The lowest BCUT2D eigenvalue weighted by Crippen LogP contribution is -1.91. The zero-order chi connectivity index (χ0) is 15.7. The van der Waals surface area contributed by atoms with Gasteiger partial charge in [-0.15, -0.1) is 0 Å². The number of aliphatic hydroxyl groups is 1. The summed E-state index contributed by atoms with van der Waals surface area (Å²) in [5, 5.41) is 20.3. The van der Waals surface area contributed by atoms with E-state index in [2.05, 4.69) is 15.9 Å². The molecule has 112 valence electrons. The van der Waals surface area contributed by atoms with Gasteiger partial charge < -0.3 is 9.84 Å². The Labute approximate surface area is 136 Å². The zero-order valence-electron chi connectivity index (χ0n) is 10.5. The van der Waals surface area contributed by atoms with Crippen LogP contribution in [-0.4, -0.2) is 10.0 Å². The van der Waals surface area contributed by atoms with E-state index in [0.29, 0.717) is 9.35 Å². The Kier molecular flexibility index (Phi) is 4.82. The third kappa shape index (κ3) is 3.52. The highest BCUT2D eigenvalue weighted by atomic mass is 79.9. The Bertz CT molecular complexity index is 707. The van der Waals surface area contributed by atoms with Gasteiger partial charge in [0.2, 0.25) is 0 Å². The van der Waals surface area contributed by atoms with Crippen molar-refractivity contribution >= 4 is 44.6 Å². The summed E-state index contributed by atoms with van der Waals surface area (Å²) in [6, 6.07) is 3.55. The van der Waals surface area contributed by atoms with Gasteiger partial charge >= 0.3 is 5.69 Å². The van der Waals surface area contributed by atoms with Crippen LogP contribution in [0, 0.1) is 15.9 Å². The van der Waals surface area contributed by atoms with Gasteiger partial charge in [-0.2, -0.15) is 0 Å².